The van der Waals surface area contributed by atoms with Crippen LogP contribution in [0.5, 0.6) is 0 Å². The molecule has 106 valence electrons. The molecule has 2 aromatic rings. The molecule has 20 heavy (non-hydrogen) atoms. The Hall–Kier alpha value is -1.97. The number of carboxylic acids is 1. The fourth-order valence-electron chi connectivity index (χ4n) is 1.50. The monoisotopic (exact) mass is 353 g/mol. The molecule has 0 aliphatic rings. The Morgan fingerprint density at radius 3 is 2.50 bits per heavy atom. The number of aromatic carboxylic acids is 1. The Morgan fingerprint density at radius 2 is 2.00 bits per heavy atom. The average molecular weight is 354 g/mol. The van der Waals surface area contributed by atoms with Crippen LogP contribution in [-0.2, 0) is 6.18 Å². The van der Waals surface area contributed by atoms with E-state index in [0.717, 1.165) is 6.07 Å². The minimum atomic E-state index is -4.96. The van der Waals surface area contributed by atoms with Crippen molar-refractivity contribution in [1.29, 1.82) is 0 Å². The van der Waals surface area contributed by atoms with Gasteiger partial charge in [-0.1, -0.05) is 0 Å². The van der Waals surface area contributed by atoms with Gasteiger partial charge in [0, 0.05) is 0 Å². The van der Waals surface area contributed by atoms with Crippen LogP contribution < -0.4 is 0 Å². The highest BCUT2D eigenvalue weighted by molar-refractivity contribution is 9.10. The predicted octanol–water partition coefficient (Wildman–Crippen LogP) is 2.89. The van der Waals surface area contributed by atoms with Crippen molar-refractivity contribution < 1.29 is 27.5 Å². The van der Waals surface area contributed by atoms with Crippen molar-refractivity contribution in [3.05, 3.63) is 40.0 Å². The van der Waals surface area contributed by atoms with Gasteiger partial charge in [0.15, 0.2) is 11.5 Å². The minimum absolute atomic E-state index is 0.0944. The number of aromatic nitrogens is 3. The molecule has 2 rings (SSSR count). The summed E-state index contributed by atoms with van der Waals surface area (Å²) in [5.74, 6) is -2.91. The second kappa shape index (κ2) is 4.85. The van der Waals surface area contributed by atoms with Crippen LogP contribution in [0.2, 0.25) is 0 Å². The molecular formula is C10H4BrF4N3O2. The van der Waals surface area contributed by atoms with Crippen LogP contribution in [0.15, 0.2) is 22.9 Å². The largest absolute Gasteiger partial charge is 0.478 e. The van der Waals surface area contributed by atoms with Gasteiger partial charge in [-0.05, 0) is 22.0 Å². The highest BCUT2D eigenvalue weighted by atomic mass is 79.9. The first-order chi connectivity index (χ1) is 9.21. The van der Waals surface area contributed by atoms with Gasteiger partial charge >= 0.3 is 12.1 Å². The van der Waals surface area contributed by atoms with E-state index in [1.807, 2.05) is 0 Å². The number of halogens is 5. The van der Waals surface area contributed by atoms with Crippen LogP contribution in [0, 0.1) is 5.82 Å². The van der Waals surface area contributed by atoms with Gasteiger partial charge in [0.1, 0.15) is 11.4 Å². The third kappa shape index (κ3) is 2.50. The molecule has 2 heterocycles. The number of carbonyl (C=O) groups is 1. The standard InChI is InChI=1S/C10H4BrF4N3O2/c11-6-1-4(12)2-16-8(6)18-7(10(13,14)15)5(3-17-18)9(19)20/h1-3H,(H,19,20). The number of hydrogen-bond acceptors (Lipinski definition) is 3. The number of hydrogen-bond donors (Lipinski definition) is 1. The van der Waals surface area contributed by atoms with Gasteiger partial charge in [-0.25, -0.2) is 18.9 Å². The smallest absolute Gasteiger partial charge is 0.434 e. The minimum Gasteiger partial charge on any atom is -0.478 e. The SMILES string of the molecule is O=C(O)c1cnn(-c2ncc(F)cc2Br)c1C(F)(F)F. The first-order valence-corrected chi connectivity index (χ1v) is 5.71. The molecule has 0 fully saturated rings. The number of rotatable bonds is 2. The Labute approximate surface area is 117 Å². The summed E-state index contributed by atoms with van der Waals surface area (Å²) in [6, 6.07) is 0.893. The Balaban J connectivity index is 2.72. The lowest BCUT2D eigenvalue weighted by molar-refractivity contribution is -0.143. The van der Waals surface area contributed by atoms with Crippen molar-refractivity contribution in [2.24, 2.45) is 0 Å². The van der Waals surface area contributed by atoms with Crippen LogP contribution in [-0.4, -0.2) is 25.8 Å². The zero-order valence-electron chi connectivity index (χ0n) is 9.32. The molecule has 0 saturated carbocycles. The molecule has 0 bridgehead atoms. The molecule has 0 atom stereocenters. The van der Waals surface area contributed by atoms with E-state index in [4.69, 9.17) is 5.11 Å². The van der Waals surface area contributed by atoms with Crippen molar-refractivity contribution in [3.8, 4) is 5.82 Å². The van der Waals surface area contributed by atoms with E-state index >= 15 is 0 Å². The van der Waals surface area contributed by atoms with Crippen molar-refractivity contribution in [2.45, 2.75) is 6.18 Å². The summed E-state index contributed by atoms with van der Waals surface area (Å²) < 4.78 is 52.0. The third-order valence-corrected chi connectivity index (χ3v) is 2.84. The molecule has 0 aliphatic heterocycles. The molecule has 0 aromatic carbocycles. The molecule has 0 amide bonds. The molecule has 10 heteroatoms. The third-order valence-electron chi connectivity index (χ3n) is 2.26. The maximum Gasteiger partial charge on any atom is 0.434 e. The van der Waals surface area contributed by atoms with E-state index in [-0.39, 0.29) is 10.3 Å². The van der Waals surface area contributed by atoms with Crippen molar-refractivity contribution in [3.63, 3.8) is 0 Å². The normalized spacial score (nSPS) is 11.7. The lowest BCUT2D eigenvalue weighted by Crippen LogP contribution is -2.18. The van der Waals surface area contributed by atoms with Crippen molar-refractivity contribution in [1.82, 2.24) is 14.8 Å². The zero-order valence-corrected chi connectivity index (χ0v) is 10.9. The maximum absolute atomic E-state index is 13.0. The Bertz CT molecular complexity index is 684. The van der Waals surface area contributed by atoms with E-state index in [1.165, 1.54) is 0 Å². The molecule has 0 aliphatic carbocycles. The molecule has 1 N–H and O–H groups in total. The predicted molar refractivity (Wildman–Crippen MR) is 61.0 cm³/mol. The second-order valence-electron chi connectivity index (χ2n) is 3.58. The number of nitrogens with zero attached hydrogens (tertiary/aromatic N) is 3. The van der Waals surface area contributed by atoms with E-state index < -0.39 is 29.2 Å². The molecular weight excluding hydrogens is 350 g/mol. The summed E-state index contributed by atoms with van der Waals surface area (Å²) in [6.07, 6.45) is -3.70. The van der Waals surface area contributed by atoms with Crippen molar-refractivity contribution in [2.75, 3.05) is 0 Å². The van der Waals surface area contributed by atoms with Crippen LogP contribution in [0.1, 0.15) is 16.1 Å². The van der Waals surface area contributed by atoms with E-state index in [0.29, 0.717) is 17.1 Å². The number of carboxylic acid groups (broad SMARTS) is 1. The molecule has 0 saturated heterocycles. The first kappa shape index (κ1) is 14.4. The molecule has 0 spiro atoms. The lowest BCUT2D eigenvalue weighted by Gasteiger charge is -2.11. The molecule has 5 nitrogen and oxygen atoms in total. The van der Waals surface area contributed by atoms with E-state index in [1.54, 1.807) is 0 Å². The maximum atomic E-state index is 13.0. The second-order valence-corrected chi connectivity index (χ2v) is 4.43. The fourth-order valence-corrected chi connectivity index (χ4v) is 1.99. The fraction of sp³-hybridized carbons (Fsp3) is 0.100. The van der Waals surface area contributed by atoms with Crippen LogP contribution in [0.4, 0.5) is 17.6 Å². The molecule has 0 radical (unpaired) electrons. The van der Waals surface area contributed by atoms with Gasteiger partial charge in [0.2, 0.25) is 0 Å². The van der Waals surface area contributed by atoms with Gasteiger partial charge in [0.05, 0.1) is 16.9 Å². The zero-order chi connectivity index (χ0) is 15.1. The van der Waals surface area contributed by atoms with Crippen molar-refractivity contribution >= 4 is 21.9 Å². The van der Waals surface area contributed by atoms with Gasteiger partial charge in [-0.15, -0.1) is 0 Å². The van der Waals surface area contributed by atoms with Gasteiger partial charge in [-0.3, -0.25) is 0 Å². The number of pyridine rings is 1. The topological polar surface area (TPSA) is 68.0 Å². The summed E-state index contributed by atoms with van der Waals surface area (Å²) in [7, 11) is 0. The summed E-state index contributed by atoms with van der Waals surface area (Å²) >= 11 is 2.85. The molecule has 0 unspecified atom stereocenters. The number of alkyl halides is 3. The average Bonchev–Trinajstić information content (AvgIpc) is 2.73. The Morgan fingerprint density at radius 1 is 1.35 bits per heavy atom. The quantitative estimate of drug-likeness (QED) is 0.843. The van der Waals surface area contributed by atoms with Crippen LogP contribution in [0.25, 0.3) is 5.82 Å². The van der Waals surface area contributed by atoms with E-state index in [9.17, 15) is 22.4 Å². The molecule has 2 aromatic heterocycles. The first-order valence-electron chi connectivity index (χ1n) is 4.91. The highest BCUT2D eigenvalue weighted by Gasteiger charge is 2.41. The van der Waals surface area contributed by atoms with Crippen LogP contribution in [0.3, 0.4) is 0 Å². The highest BCUT2D eigenvalue weighted by Crippen LogP contribution is 2.34. The van der Waals surface area contributed by atoms with Gasteiger partial charge < -0.3 is 5.11 Å². The Kier molecular flexibility index (Phi) is 3.50. The van der Waals surface area contributed by atoms with E-state index in [2.05, 4.69) is 26.0 Å². The summed E-state index contributed by atoms with van der Waals surface area (Å²) in [6.45, 7) is 0. The van der Waals surface area contributed by atoms with Gasteiger partial charge in [-0.2, -0.15) is 18.3 Å². The lowest BCUT2D eigenvalue weighted by atomic mass is 10.2. The summed E-state index contributed by atoms with van der Waals surface area (Å²) in [5.41, 5.74) is -2.51. The summed E-state index contributed by atoms with van der Waals surface area (Å²) in [4.78, 5) is 14.3. The van der Waals surface area contributed by atoms with Gasteiger partial charge in [0.25, 0.3) is 0 Å². The summed E-state index contributed by atoms with van der Waals surface area (Å²) in [5, 5.41) is 12.1. The van der Waals surface area contributed by atoms with Crippen LogP contribution >= 0.6 is 15.9 Å².